The quantitative estimate of drug-likeness (QED) is 0.167. The predicted octanol–water partition coefficient (Wildman–Crippen LogP) is 9.02. The molecule has 3 aromatic carbocycles. The molecule has 178 valence electrons. The Morgan fingerprint density at radius 1 is 0.667 bits per heavy atom. The first-order chi connectivity index (χ1) is 17.1. The monoisotopic (exact) mass is 532 g/mol. The Bertz CT molecular complexity index is 1720. The summed E-state index contributed by atoms with van der Waals surface area (Å²) in [6.45, 7) is 15.0. The van der Waals surface area contributed by atoms with Gasteiger partial charge < -0.3 is 0 Å². The maximum atomic E-state index is 6.03. The van der Waals surface area contributed by atoms with Gasteiger partial charge in [-0.15, -0.1) is 6.42 Å². The number of terminal acetylenes is 1. The molecule has 0 saturated carbocycles. The third-order valence-corrected chi connectivity index (χ3v) is 8.69. The number of nitrogens with zero attached hydrogens (tertiary/aromatic N) is 2. The van der Waals surface area contributed by atoms with E-state index in [1.165, 1.54) is 44.5 Å². The van der Waals surface area contributed by atoms with Crippen LogP contribution in [0.2, 0.25) is 0 Å². The first kappa shape index (κ1) is 24.2. The van der Waals surface area contributed by atoms with Gasteiger partial charge in [0.25, 0.3) is 0 Å². The number of halogens is 1. The summed E-state index contributed by atoms with van der Waals surface area (Å²) in [4.78, 5) is 10.4. The minimum absolute atomic E-state index is 0.801. The zero-order chi connectivity index (χ0) is 25.9. The third kappa shape index (κ3) is 3.72. The highest BCUT2D eigenvalue weighted by molar-refractivity contribution is 9.10. The fraction of sp³-hybridized carbons (Fsp3) is 0.212. The highest BCUT2D eigenvalue weighted by Gasteiger charge is 2.20. The minimum Gasteiger partial charge on any atom is -0.245 e. The van der Waals surface area contributed by atoms with Gasteiger partial charge >= 0.3 is 0 Å². The third-order valence-electron chi connectivity index (χ3n) is 7.50. The van der Waals surface area contributed by atoms with E-state index in [4.69, 9.17) is 16.4 Å². The molecule has 0 unspecified atom stereocenters. The van der Waals surface area contributed by atoms with Gasteiger partial charge in [0.1, 0.15) is 0 Å². The molecule has 5 aromatic rings. The smallest absolute Gasteiger partial charge is 0.0973 e. The van der Waals surface area contributed by atoms with Crippen molar-refractivity contribution >= 4 is 37.7 Å². The molecule has 0 amide bonds. The summed E-state index contributed by atoms with van der Waals surface area (Å²) in [7, 11) is 0. The maximum Gasteiger partial charge on any atom is 0.0973 e. The van der Waals surface area contributed by atoms with Gasteiger partial charge in [-0.2, -0.15) is 0 Å². The van der Waals surface area contributed by atoms with Gasteiger partial charge in [-0.05, 0) is 94.0 Å². The fourth-order valence-corrected chi connectivity index (χ4v) is 6.06. The van der Waals surface area contributed by atoms with Crippen LogP contribution in [0.25, 0.3) is 44.3 Å². The largest absolute Gasteiger partial charge is 0.245 e. The van der Waals surface area contributed by atoms with Gasteiger partial charge in [0.15, 0.2) is 0 Å². The summed E-state index contributed by atoms with van der Waals surface area (Å²) in [5, 5.41) is 2.07. The number of fused-ring (bicyclic) bond motifs is 3. The molecule has 0 atom stereocenters. The number of benzene rings is 3. The van der Waals surface area contributed by atoms with Crippen molar-refractivity contribution in [2.45, 2.75) is 48.5 Å². The summed E-state index contributed by atoms with van der Waals surface area (Å²) < 4.78 is 1.14. The molecule has 2 aromatic heterocycles. The van der Waals surface area contributed by atoms with Crippen molar-refractivity contribution in [3.05, 3.63) is 91.4 Å². The second kappa shape index (κ2) is 8.87. The molecule has 0 N–H and O–H groups in total. The van der Waals surface area contributed by atoms with Crippen molar-refractivity contribution < 1.29 is 0 Å². The highest BCUT2D eigenvalue weighted by atomic mass is 79.9. The van der Waals surface area contributed by atoms with Crippen LogP contribution in [0.4, 0.5) is 0 Å². The fourth-order valence-electron chi connectivity index (χ4n) is 5.46. The summed E-state index contributed by atoms with van der Waals surface area (Å²) >= 11 is 3.77. The van der Waals surface area contributed by atoms with Gasteiger partial charge in [-0.25, -0.2) is 9.97 Å². The van der Waals surface area contributed by atoms with E-state index in [0.717, 1.165) is 48.8 Å². The van der Waals surface area contributed by atoms with E-state index in [0.29, 0.717) is 0 Å². The van der Waals surface area contributed by atoms with Crippen molar-refractivity contribution in [1.82, 2.24) is 9.97 Å². The van der Waals surface area contributed by atoms with Gasteiger partial charge in [0.05, 0.1) is 28.0 Å². The van der Waals surface area contributed by atoms with Crippen LogP contribution in [0.1, 0.15) is 44.5 Å². The molecule has 3 heteroatoms. The lowest BCUT2D eigenvalue weighted by Gasteiger charge is -2.19. The van der Waals surface area contributed by atoms with Crippen LogP contribution in [-0.2, 0) is 0 Å². The Kier molecular flexibility index (Phi) is 5.97. The van der Waals surface area contributed by atoms with Gasteiger partial charge in [-0.3, -0.25) is 0 Å². The lowest BCUT2D eigenvalue weighted by molar-refractivity contribution is 1.20. The molecule has 0 aliphatic carbocycles. The van der Waals surface area contributed by atoms with E-state index in [1.807, 2.05) is 0 Å². The van der Waals surface area contributed by atoms with Crippen molar-refractivity contribution in [3.8, 4) is 34.9 Å². The molecule has 0 spiro atoms. The number of hydrogen-bond acceptors (Lipinski definition) is 2. The summed E-state index contributed by atoms with van der Waals surface area (Å²) in [6, 6.07) is 15.0. The molecular formula is C33H29BrN2. The Balaban J connectivity index is 1.86. The molecule has 2 heterocycles. The molecule has 36 heavy (non-hydrogen) atoms. The average Bonchev–Trinajstić information content (AvgIpc) is 2.85. The first-order valence-electron chi connectivity index (χ1n) is 12.2. The number of aromatic nitrogens is 2. The van der Waals surface area contributed by atoms with Crippen molar-refractivity contribution in [1.29, 1.82) is 0 Å². The molecule has 2 nitrogen and oxygen atoms in total. The molecular weight excluding hydrogens is 504 g/mol. The number of pyridine rings is 2. The molecule has 0 radical (unpaired) electrons. The number of rotatable bonds is 2. The predicted molar refractivity (Wildman–Crippen MR) is 157 cm³/mol. The van der Waals surface area contributed by atoms with Gasteiger partial charge in [0.2, 0.25) is 0 Å². The summed E-state index contributed by atoms with van der Waals surface area (Å²) in [5.74, 6) is 2.91. The van der Waals surface area contributed by atoms with Crippen LogP contribution in [0.15, 0.2) is 46.9 Å². The van der Waals surface area contributed by atoms with Crippen LogP contribution < -0.4 is 0 Å². The SMILES string of the molecule is C#Cc1cc2ccc3ccc(-c4c(C)cc(C)cc4C)nc3c2nc1-c1c(C)c(C)c(Br)c(C)c1C. The molecule has 0 bridgehead atoms. The van der Waals surface area contributed by atoms with Crippen molar-refractivity contribution in [3.63, 3.8) is 0 Å². The zero-order valence-electron chi connectivity index (χ0n) is 21.9. The van der Waals surface area contributed by atoms with E-state index < -0.39 is 0 Å². The van der Waals surface area contributed by atoms with E-state index in [9.17, 15) is 0 Å². The van der Waals surface area contributed by atoms with Crippen LogP contribution in [0.3, 0.4) is 0 Å². The van der Waals surface area contributed by atoms with Crippen LogP contribution in [0.5, 0.6) is 0 Å². The zero-order valence-corrected chi connectivity index (χ0v) is 23.5. The lowest BCUT2D eigenvalue weighted by Crippen LogP contribution is -2.02. The Morgan fingerprint density at radius 3 is 1.83 bits per heavy atom. The summed E-state index contributed by atoms with van der Waals surface area (Å²) in [5.41, 5.74) is 15.2. The minimum atomic E-state index is 0.801. The number of hydrogen-bond donors (Lipinski definition) is 0. The normalized spacial score (nSPS) is 11.3. The molecule has 0 fully saturated rings. The molecule has 0 aliphatic rings. The second-order valence-electron chi connectivity index (χ2n) is 9.90. The lowest BCUT2D eigenvalue weighted by atomic mass is 9.90. The summed E-state index contributed by atoms with van der Waals surface area (Å²) in [6.07, 6.45) is 6.03. The Labute approximate surface area is 221 Å². The molecule has 0 aliphatic heterocycles. The van der Waals surface area contributed by atoms with E-state index in [-0.39, 0.29) is 0 Å². The Morgan fingerprint density at radius 2 is 1.22 bits per heavy atom. The first-order valence-corrected chi connectivity index (χ1v) is 13.0. The molecule has 5 rings (SSSR count). The van der Waals surface area contributed by atoms with E-state index >= 15 is 0 Å². The van der Waals surface area contributed by atoms with E-state index in [1.54, 1.807) is 0 Å². The average molecular weight is 534 g/mol. The highest BCUT2D eigenvalue weighted by Crippen LogP contribution is 2.39. The van der Waals surface area contributed by atoms with Gasteiger partial charge in [-0.1, -0.05) is 57.7 Å². The van der Waals surface area contributed by atoms with Crippen LogP contribution in [-0.4, -0.2) is 9.97 Å². The van der Waals surface area contributed by atoms with Crippen molar-refractivity contribution in [2.75, 3.05) is 0 Å². The van der Waals surface area contributed by atoms with Crippen molar-refractivity contribution in [2.24, 2.45) is 0 Å². The Hall–Kier alpha value is -3.48. The van der Waals surface area contributed by atoms with Crippen LogP contribution >= 0.6 is 15.9 Å². The number of aryl methyl sites for hydroxylation is 3. The van der Waals surface area contributed by atoms with E-state index in [2.05, 4.69) is 113 Å². The molecule has 0 saturated heterocycles. The maximum absolute atomic E-state index is 6.03. The standard InChI is InChI=1S/C33H29BrN2/c1-9-24-16-26-11-10-25-12-13-27(28-18(3)14-17(2)15-19(28)4)35-32(25)33(26)36-31(24)29-20(5)22(7)30(34)23(8)21(29)6/h1,10-16H,2-8H3. The van der Waals surface area contributed by atoms with Gasteiger partial charge in [0, 0.05) is 26.4 Å². The topological polar surface area (TPSA) is 25.8 Å². The van der Waals surface area contributed by atoms with Crippen LogP contribution in [0, 0.1) is 60.8 Å². The second-order valence-corrected chi connectivity index (χ2v) is 10.7.